The van der Waals surface area contributed by atoms with Crippen molar-refractivity contribution in [2.75, 3.05) is 0 Å². The van der Waals surface area contributed by atoms with E-state index in [2.05, 4.69) is 10.3 Å². The molecule has 4 heteroatoms. The number of carbonyl (C=O) groups is 1. The average molecular weight is 222 g/mol. The number of nitrogens with zero attached hydrogens (tertiary/aromatic N) is 1. The summed E-state index contributed by atoms with van der Waals surface area (Å²) in [6, 6.07) is 0.815. The van der Waals surface area contributed by atoms with Crippen LogP contribution in [-0.4, -0.2) is 23.6 Å². The zero-order valence-corrected chi connectivity index (χ0v) is 9.82. The van der Waals surface area contributed by atoms with Gasteiger partial charge in [-0.3, -0.25) is 10.1 Å². The van der Waals surface area contributed by atoms with Crippen LogP contribution in [0.25, 0.3) is 0 Å². The van der Waals surface area contributed by atoms with Crippen LogP contribution >= 0.6 is 0 Å². The second-order valence-corrected chi connectivity index (χ2v) is 5.74. The van der Waals surface area contributed by atoms with Crippen molar-refractivity contribution in [2.45, 2.75) is 51.2 Å². The molecule has 3 rings (SSSR count). The Bertz CT molecular complexity index is 362. The third kappa shape index (κ3) is 1.51. The fourth-order valence-electron chi connectivity index (χ4n) is 3.14. The van der Waals surface area contributed by atoms with Crippen molar-refractivity contribution >= 4 is 11.9 Å². The minimum Gasteiger partial charge on any atom is -0.449 e. The smallest absolute Gasteiger partial charge is 0.292 e. The van der Waals surface area contributed by atoms with Crippen LogP contribution in [0, 0.1) is 11.8 Å². The molecule has 3 atom stereocenters. The molecule has 2 bridgehead atoms. The van der Waals surface area contributed by atoms with E-state index < -0.39 is 5.60 Å². The van der Waals surface area contributed by atoms with Gasteiger partial charge in [0.25, 0.3) is 11.9 Å². The average Bonchev–Trinajstić information content (AvgIpc) is 2.82. The van der Waals surface area contributed by atoms with E-state index in [0.717, 1.165) is 11.8 Å². The van der Waals surface area contributed by atoms with E-state index in [4.69, 9.17) is 4.74 Å². The molecule has 3 aliphatic rings. The predicted octanol–water partition coefficient (Wildman–Crippen LogP) is 1.46. The third-order valence-corrected chi connectivity index (χ3v) is 4.10. The summed E-state index contributed by atoms with van der Waals surface area (Å²) in [6.45, 7) is 3.54. The molecule has 16 heavy (non-hydrogen) atoms. The van der Waals surface area contributed by atoms with E-state index in [1.165, 1.54) is 25.7 Å². The summed E-state index contributed by atoms with van der Waals surface area (Å²) in [5, 5.41) is 2.72. The second-order valence-electron chi connectivity index (χ2n) is 5.74. The number of aliphatic imine (C=N–C) groups is 1. The van der Waals surface area contributed by atoms with Crippen molar-refractivity contribution in [1.82, 2.24) is 5.32 Å². The molecule has 2 aliphatic carbocycles. The monoisotopic (exact) mass is 222 g/mol. The number of carbonyl (C=O) groups excluding carboxylic acids is 1. The Kier molecular flexibility index (Phi) is 2.03. The molecule has 0 aromatic rings. The molecule has 4 nitrogen and oxygen atoms in total. The molecule has 3 unspecified atom stereocenters. The maximum atomic E-state index is 11.5. The number of nitrogens with one attached hydrogen (secondary N) is 1. The summed E-state index contributed by atoms with van der Waals surface area (Å²) in [5.74, 6) is 1.50. The lowest BCUT2D eigenvalue weighted by atomic mass is 9.96. The fraction of sp³-hybridized carbons (Fsp3) is 0.833. The van der Waals surface area contributed by atoms with Crippen LogP contribution in [0.3, 0.4) is 0 Å². The first kappa shape index (κ1) is 10.1. The highest BCUT2D eigenvalue weighted by molar-refractivity contribution is 6.04. The Balaban J connectivity index is 1.73. The number of ether oxygens (including phenoxy) is 1. The van der Waals surface area contributed by atoms with Crippen molar-refractivity contribution in [2.24, 2.45) is 16.8 Å². The van der Waals surface area contributed by atoms with Crippen LogP contribution in [-0.2, 0) is 9.53 Å². The Morgan fingerprint density at radius 1 is 1.38 bits per heavy atom. The van der Waals surface area contributed by atoms with Crippen LogP contribution in [0.1, 0.15) is 39.5 Å². The molecule has 1 saturated heterocycles. The molecule has 1 aliphatic heterocycles. The molecule has 1 heterocycles. The van der Waals surface area contributed by atoms with Crippen molar-refractivity contribution in [3.05, 3.63) is 0 Å². The number of hydrogen-bond acceptors (Lipinski definition) is 3. The number of amidine groups is 1. The van der Waals surface area contributed by atoms with E-state index >= 15 is 0 Å². The molecule has 0 spiro atoms. The number of hydrogen-bond donors (Lipinski definition) is 1. The summed E-state index contributed by atoms with van der Waals surface area (Å²) in [5.41, 5.74) is -0.754. The Labute approximate surface area is 95.5 Å². The zero-order chi connectivity index (χ0) is 11.3. The molecule has 0 aromatic heterocycles. The highest BCUT2D eigenvalue weighted by Gasteiger charge is 2.43. The minimum absolute atomic E-state index is 0.0885. The Hall–Kier alpha value is -1.06. The van der Waals surface area contributed by atoms with Gasteiger partial charge in [-0.1, -0.05) is 6.42 Å². The van der Waals surface area contributed by atoms with Gasteiger partial charge in [-0.15, -0.1) is 0 Å². The van der Waals surface area contributed by atoms with Crippen molar-refractivity contribution in [3.8, 4) is 0 Å². The van der Waals surface area contributed by atoms with Gasteiger partial charge in [0.05, 0.1) is 6.04 Å². The first-order chi connectivity index (χ1) is 7.54. The van der Waals surface area contributed by atoms with E-state index in [0.29, 0.717) is 12.1 Å². The van der Waals surface area contributed by atoms with Crippen LogP contribution in [0.15, 0.2) is 4.99 Å². The molecule has 1 amide bonds. The normalized spacial score (nSPS) is 42.5. The lowest BCUT2D eigenvalue weighted by Gasteiger charge is -2.18. The molecule has 2 saturated carbocycles. The van der Waals surface area contributed by atoms with Gasteiger partial charge in [0.1, 0.15) is 0 Å². The maximum absolute atomic E-state index is 11.5. The lowest BCUT2D eigenvalue weighted by Crippen LogP contribution is -2.32. The summed E-state index contributed by atoms with van der Waals surface area (Å²) in [6.07, 6.45) is 5.15. The van der Waals surface area contributed by atoms with Crippen LogP contribution < -0.4 is 5.32 Å². The first-order valence-corrected chi connectivity index (χ1v) is 6.13. The summed E-state index contributed by atoms with van der Waals surface area (Å²) >= 11 is 0. The Morgan fingerprint density at radius 2 is 2.19 bits per heavy atom. The standard InChI is InChI=1S/C12H18N2O2/c1-12(2)10(15)14-11(16-12)13-9-6-7-3-4-8(9)5-7/h7-9H,3-6H2,1-2H3,(H,13,14,15). The predicted molar refractivity (Wildman–Crippen MR) is 60.0 cm³/mol. The van der Waals surface area contributed by atoms with Gasteiger partial charge in [-0.25, -0.2) is 4.99 Å². The summed E-state index contributed by atoms with van der Waals surface area (Å²) < 4.78 is 5.52. The molecule has 1 N–H and O–H groups in total. The summed E-state index contributed by atoms with van der Waals surface area (Å²) in [4.78, 5) is 16.1. The van der Waals surface area contributed by atoms with E-state index in [1.54, 1.807) is 13.8 Å². The Morgan fingerprint density at radius 3 is 2.69 bits per heavy atom. The number of rotatable bonds is 1. The molecular formula is C12H18N2O2. The highest BCUT2D eigenvalue weighted by Crippen LogP contribution is 2.46. The minimum atomic E-state index is -0.754. The number of fused-ring (bicyclic) bond motifs is 2. The van der Waals surface area contributed by atoms with Crippen molar-refractivity contribution in [1.29, 1.82) is 0 Å². The summed E-state index contributed by atoms with van der Waals surface area (Å²) in [7, 11) is 0. The molecule has 0 aromatic carbocycles. The van der Waals surface area contributed by atoms with E-state index in [-0.39, 0.29) is 5.91 Å². The zero-order valence-electron chi connectivity index (χ0n) is 9.82. The first-order valence-electron chi connectivity index (χ1n) is 6.13. The third-order valence-electron chi connectivity index (χ3n) is 4.10. The fourth-order valence-corrected chi connectivity index (χ4v) is 3.14. The van der Waals surface area contributed by atoms with Gasteiger partial charge in [0, 0.05) is 0 Å². The largest absolute Gasteiger partial charge is 0.449 e. The van der Waals surface area contributed by atoms with Crippen LogP contribution in [0.4, 0.5) is 0 Å². The quantitative estimate of drug-likeness (QED) is 0.730. The van der Waals surface area contributed by atoms with Gasteiger partial charge in [-0.2, -0.15) is 0 Å². The van der Waals surface area contributed by atoms with Gasteiger partial charge in [0.15, 0.2) is 5.60 Å². The van der Waals surface area contributed by atoms with Crippen molar-refractivity contribution < 1.29 is 9.53 Å². The van der Waals surface area contributed by atoms with Gasteiger partial charge >= 0.3 is 0 Å². The molecule has 88 valence electrons. The molecular weight excluding hydrogens is 204 g/mol. The van der Waals surface area contributed by atoms with Crippen LogP contribution in [0.2, 0.25) is 0 Å². The van der Waals surface area contributed by atoms with Crippen molar-refractivity contribution in [3.63, 3.8) is 0 Å². The second kappa shape index (κ2) is 3.22. The van der Waals surface area contributed by atoms with Crippen LogP contribution in [0.5, 0.6) is 0 Å². The van der Waals surface area contributed by atoms with Gasteiger partial charge < -0.3 is 4.74 Å². The van der Waals surface area contributed by atoms with E-state index in [9.17, 15) is 4.79 Å². The maximum Gasteiger partial charge on any atom is 0.292 e. The highest BCUT2D eigenvalue weighted by atomic mass is 16.5. The molecule has 0 radical (unpaired) electrons. The number of amides is 1. The van der Waals surface area contributed by atoms with E-state index in [1.807, 2.05) is 0 Å². The lowest BCUT2D eigenvalue weighted by molar-refractivity contribution is -0.128. The topological polar surface area (TPSA) is 50.7 Å². The van der Waals surface area contributed by atoms with Gasteiger partial charge in [0.2, 0.25) is 0 Å². The molecule has 3 fully saturated rings. The SMILES string of the molecule is CC1(C)OC(=NC2CC3CCC2C3)NC1=O. The van der Waals surface area contributed by atoms with Gasteiger partial charge in [-0.05, 0) is 44.9 Å².